The standard InChI is InChI=1S/C29H35N5O5/c35-15-14-33(19-26(36)31-20-29(12-7-13-29)23-10-5-2-6-11-23)27(37)25(16-24-17-30-21-32-24)34(28(38)39)18-22-8-3-1-4-9-22/h1-6,8-11,17,21,25,35H,7,12-16,18-20H2,(H,30,32)(H,31,36)(H,38,39)/t25-/m0/s1. The fourth-order valence-electron chi connectivity index (χ4n) is 5.09. The van der Waals surface area contributed by atoms with E-state index >= 15 is 0 Å². The average molecular weight is 534 g/mol. The molecule has 1 atom stereocenters. The molecule has 0 radical (unpaired) electrons. The van der Waals surface area contributed by atoms with Crippen LogP contribution in [0.5, 0.6) is 0 Å². The molecule has 0 bridgehead atoms. The lowest BCUT2D eigenvalue weighted by Crippen LogP contribution is -2.54. The van der Waals surface area contributed by atoms with Crippen molar-refractivity contribution in [3.63, 3.8) is 0 Å². The molecule has 1 heterocycles. The molecule has 1 aliphatic carbocycles. The second kappa shape index (κ2) is 13.1. The lowest BCUT2D eigenvalue weighted by molar-refractivity contribution is -0.140. The Morgan fingerprint density at radius 1 is 1.05 bits per heavy atom. The number of aliphatic hydroxyl groups is 1. The monoisotopic (exact) mass is 533 g/mol. The van der Waals surface area contributed by atoms with Crippen molar-refractivity contribution in [2.75, 3.05) is 26.2 Å². The molecule has 10 heteroatoms. The van der Waals surface area contributed by atoms with Crippen LogP contribution in [0, 0.1) is 0 Å². The van der Waals surface area contributed by atoms with E-state index in [9.17, 15) is 24.6 Å². The number of nitrogens with one attached hydrogen (secondary N) is 2. The van der Waals surface area contributed by atoms with Crippen LogP contribution in [0.2, 0.25) is 0 Å². The van der Waals surface area contributed by atoms with Crippen molar-refractivity contribution >= 4 is 17.9 Å². The molecule has 0 aliphatic heterocycles. The van der Waals surface area contributed by atoms with Crippen molar-refractivity contribution in [1.29, 1.82) is 0 Å². The minimum atomic E-state index is -1.26. The van der Waals surface area contributed by atoms with Crippen LogP contribution in [0.1, 0.15) is 36.1 Å². The van der Waals surface area contributed by atoms with E-state index in [0.29, 0.717) is 12.2 Å². The number of carboxylic acid groups (broad SMARTS) is 1. The molecular weight excluding hydrogens is 498 g/mol. The summed E-state index contributed by atoms with van der Waals surface area (Å²) in [5.41, 5.74) is 2.36. The van der Waals surface area contributed by atoms with E-state index < -0.39 is 18.0 Å². The number of hydrogen-bond donors (Lipinski definition) is 4. The molecule has 2 aromatic carbocycles. The molecule has 3 amide bonds. The van der Waals surface area contributed by atoms with Gasteiger partial charge in [0, 0.05) is 43.4 Å². The fourth-order valence-corrected chi connectivity index (χ4v) is 5.09. The van der Waals surface area contributed by atoms with Crippen LogP contribution in [0.3, 0.4) is 0 Å². The summed E-state index contributed by atoms with van der Waals surface area (Å²) in [5.74, 6) is -0.919. The van der Waals surface area contributed by atoms with E-state index in [1.807, 2.05) is 24.3 Å². The Bertz CT molecular complexity index is 1220. The summed E-state index contributed by atoms with van der Waals surface area (Å²) in [6.45, 7) is -0.324. The lowest BCUT2D eigenvalue weighted by atomic mass is 9.64. The van der Waals surface area contributed by atoms with Gasteiger partial charge in [-0.05, 0) is 24.0 Å². The van der Waals surface area contributed by atoms with Crippen LogP contribution >= 0.6 is 0 Å². The molecule has 0 saturated heterocycles. The SMILES string of the molecule is O=C(CN(CCO)C(=O)[C@H](Cc1cnc[nH]1)N(Cc1ccccc1)C(=O)O)NCC1(c2ccccc2)CCC1. The molecular formula is C29H35N5O5. The van der Waals surface area contributed by atoms with E-state index in [0.717, 1.165) is 29.7 Å². The second-order valence-electron chi connectivity index (χ2n) is 9.95. The highest BCUT2D eigenvalue weighted by molar-refractivity contribution is 5.89. The van der Waals surface area contributed by atoms with E-state index in [4.69, 9.17) is 0 Å². The highest BCUT2D eigenvalue weighted by Gasteiger charge is 2.39. The van der Waals surface area contributed by atoms with Gasteiger partial charge in [-0.15, -0.1) is 0 Å². The first kappa shape index (κ1) is 27.8. The van der Waals surface area contributed by atoms with Gasteiger partial charge < -0.3 is 25.4 Å². The number of amides is 3. The number of hydrogen-bond acceptors (Lipinski definition) is 5. The topological polar surface area (TPSA) is 139 Å². The van der Waals surface area contributed by atoms with Crippen molar-refractivity contribution < 1.29 is 24.6 Å². The van der Waals surface area contributed by atoms with Gasteiger partial charge in [0.2, 0.25) is 11.8 Å². The van der Waals surface area contributed by atoms with Crippen molar-refractivity contribution in [2.45, 2.75) is 43.7 Å². The number of carbonyl (C=O) groups is 3. The minimum Gasteiger partial charge on any atom is -0.465 e. The van der Waals surface area contributed by atoms with Gasteiger partial charge in [0.25, 0.3) is 0 Å². The number of benzene rings is 2. The highest BCUT2D eigenvalue weighted by Crippen LogP contribution is 2.43. The van der Waals surface area contributed by atoms with Crippen LogP contribution < -0.4 is 5.32 Å². The number of aliphatic hydroxyl groups excluding tert-OH is 1. The van der Waals surface area contributed by atoms with Gasteiger partial charge in [-0.3, -0.25) is 14.5 Å². The molecule has 4 rings (SSSR count). The maximum atomic E-state index is 13.8. The van der Waals surface area contributed by atoms with E-state index in [-0.39, 0.29) is 44.0 Å². The van der Waals surface area contributed by atoms with Gasteiger partial charge >= 0.3 is 6.09 Å². The van der Waals surface area contributed by atoms with Crippen LogP contribution in [0.25, 0.3) is 0 Å². The predicted octanol–water partition coefficient (Wildman–Crippen LogP) is 2.56. The first-order valence-electron chi connectivity index (χ1n) is 13.1. The molecule has 0 unspecified atom stereocenters. The Morgan fingerprint density at radius 2 is 1.74 bits per heavy atom. The lowest BCUT2D eigenvalue weighted by Gasteiger charge is -2.42. The zero-order chi connectivity index (χ0) is 27.7. The summed E-state index contributed by atoms with van der Waals surface area (Å²) in [7, 11) is 0. The summed E-state index contributed by atoms with van der Waals surface area (Å²) >= 11 is 0. The van der Waals surface area contributed by atoms with Crippen LogP contribution in [-0.4, -0.2) is 80.2 Å². The maximum absolute atomic E-state index is 13.8. The zero-order valence-electron chi connectivity index (χ0n) is 21.8. The van der Waals surface area contributed by atoms with Crippen molar-refractivity contribution in [3.05, 3.63) is 90.0 Å². The number of nitrogens with zero attached hydrogens (tertiary/aromatic N) is 3. The largest absolute Gasteiger partial charge is 0.465 e. The molecule has 1 fully saturated rings. The fraction of sp³-hybridized carbons (Fsp3) is 0.379. The highest BCUT2D eigenvalue weighted by atomic mass is 16.4. The van der Waals surface area contributed by atoms with Crippen LogP contribution in [0.4, 0.5) is 4.79 Å². The number of rotatable bonds is 13. The smallest absolute Gasteiger partial charge is 0.408 e. The number of H-pyrrole nitrogens is 1. The van der Waals surface area contributed by atoms with Gasteiger partial charge in [-0.25, -0.2) is 9.78 Å². The van der Waals surface area contributed by atoms with Crippen molar-refractivity contribution in [3.8, 4) is 0 Å². The maximum Gasteiger partial charge on any atom is 0.408 e. The molecule has 1 aliphatic rings. The Balaban J connectivity index is 1.50. The summed E-state index contributed by atoms with van der Waals surface area (Å²) < 4.78 is 0. The third-order valence-corrected chi connectivity index (χ3v) is 7.41. The number of imidazole rings is 1. The Morgan fingerprint density at radius 3 is 2.31 bits per heavy atom. The van der Waals surface area contributed by atoms with Gasteiger partial charge in [0.15, 0.2) is 0 Å². The second-order valence-corrected chi connectivity index (χ2v) is 9.95. The third-order valence-electron chi connectivity index (χ3n) is 7.41. The summed E-state index contributed by atoms with van der Waals surface area (Å²) in [6, 6.07) is 17.9. The Kier molecular flexibility index (Phi) is 9.32. The third kappa shape index (κ3) is 7.02. The molecule has 3 aromatic rings. The molecule has 10 nitrogen and oxygen atoms in total. The predicted molar refractivity (Wildman–Crippen MR) is 145 cm³/mol. The zero-order valence-corrected chi connectivity index (χ0v) is 21.8. The van der Waals surface area contributed by atoms with E-state index in [2.05, 4.69) is 27.4 Å². The molecule has 39 heavy (non-hydrogen) atoms. The molecule has 1 aromatic heterocycles. The van der Waals surface area contributed by atoms with Crippen LogP contribution in [0.15, 0.2) is 73.2 Å². The molecule has 0 spiro atoms. The van der Waals surface area contributed by atoms with Gasteiger partial charge in [-0.1, -0.05) is 67.1 Å². The van der Waals surface area contributed by atoms with Gasteiger partial charge in [0.1, 0.15) is 6.04 Å². The van der Waals surface area contributed by atoms with Gasteiger partial charge in [-0.2, -0.15) is 0 Å². The van der Waals surface area contributed by atoms with Crippen LogP contribution in [-0.2, 0) is 28.0 Å². The molecule has 206 valence electrons. The minimum absolute atomic E-state index is 0.0144. The first-order valence-corrected chi connectivity index (χ1v) is 13.1. The van der Waals surface area contributed by atoms with Crippen molar-refractivity contribution in [1.82, 2.24) is 25.1 Å². The summed E-state index contributed by atoms with van der Waals surface area (Å²) in [6.07, 6.45) is 4.79. The Labute approximate surface area is 227 Å². The number of aromatic amines is 1. The summed E-state index contributed by atoms with van der Waals surface area (Å²) in [4.78, 5) is 48.5. The van der Waals surface area contributed by atoms with Gasteiger partial charge in [0.05, 0.1) is 19.5 Å². The quantitative estimate of drug-likeness (QED) is 0.266. The first-order chi connectivity index (χ1) is 18.9. The van der Waals surface area contributed by atoms with E-state index in [1.54, 1.807) is 24.3 Å². The molecule has 1 saturated carbocycles. The average Bonchev–Trinajstić information content (AvgIpc) is 3.44. The number of carbonyl (C=O) groups excluding carboxylic acids is 2. The summed E-state index contributed by atoms with van der Waals surface area (Å²) in [5, 5.41) is 22.8. The normalized spacial score (nSPS) is 14.6. The van der Waals surface area contributed by atoms with E-state index in [1.165, 1.54) is 23.0 Å². The molecule has 4 N–H and O–H groups in total. The van der Waals surface area contributed by atoms with Crippen molar-refractivity contribution in [2.24, 2.45) is 0 Å². The Hall–Kier alpha value is -4.18. The number of aromatic nitrogens is 2.